The first-order valence-electron chi connectivity index (χ1n) is 6.50. The fraction of sp³-hybridized carbons (Fsp3) is 0.250. The summed E-state index contributed by atoms with van der Waals surface area (Å²) in [6.07, 6.45) is 0.661. The smallest absolute Gasteiger partial charge is 0.127 e. The summed E-state index contributed by atoms with van der Waals surface area (Å²) >= 11 is 4.93. The molecule has 104 valence electrons. The Bertz CT molecular complexity index is 607. The number of rotatable bonds is 3. The van der Waals surface area contributed by atoms with Gasteiger partial charge in [0.1, 0.15) is 5.82 Å². The summed E-state index contributed by atoms with van der Waals surface area (Å²) in [5, 5.41) is 10.5. The molecule has 4 heteroatoms. The molecule has 1 aliphatic heterocycles. The Labute approximate surface area is 130 Å². The molecule has 0 saturated carbocycles. The summed E-state index contributed by atoms with van der Waals surface area (Å²) < 4.78 is 14.5. The van der Waals surface area contributed by atoms with E-state index < -0.39 is 6.10 Å². The summed E-state index contributed by atoms with van der Waals surface area (Å²) in [6, 6.07) is 13.2. The van der Waals surface area contributed by atoms with Crippen LogP contribution in [0.1, 0.15) is 11.1 Å². The molecule has 3 rings (SSSR count). The molecule has 2 aromatic rings. The number of fused-ring (bicyclic) bond motifs is 1. The van der Waals surface area contributed by atoms with E-state index in [1.54, 1.807) is 17.8 Å². The Morgan fingerprint density at radius 2 is 2.10 bits per heavy atom. The summed E-state index contributed by atoms with van der Waals surface area (Å²) in [7, 11) is 0. The van der Waals surface area contributed by atoms with Crippen molar-refractivity contribution in [3.63, 3.8) is 0 Å². The van der Waals surface area contributed by atoms with Crippen LogP contribution in [0.15, 0.2) is 51.8 Å². The van der Waals surface area contributed by atoms with E-state index in [2.05, 4.69) is 28.1 Å². The molecular formula is C16H14BrFOS. The van der Waals surface area contributed by atoms with E-state index in [4.69, 9.17) is 0 Å². The highest BCUT2D eigenvalue weighted by Gasteiger charge is 2.28. The maximum Gasteiger partial charge on any atom is 0.127 e. The largest absolute Gasteiger partial charge is 0.392 e. The van der Waals surface area contributed by atoms with Gasteiger partial charge in [0, 0.05) is 21.0 Å². The van der Waals surface area contributed by atoms with Gasteiger partial charge in [0.15, 0.2) is 0 Å². The van der Waals surface area contributed by atoms with Crippen molar-refractivity contribution in [3.8, 4) is 0 Å². The van der Waals surface area contributed by atoms with Crippen molar-refractivity contribution < 1.29 is 9.50 Å². The maximum atomic E-state index is 13.8. The first-order chi connectivity index (χ1) is 9.63. The van der Waals surface area contributed by atoms with Gasteiger partial charge in [-0.15, -0.1) is 11.8 Å². The van der Waals surface area contributed by atoms with Crippen LogP contribution in [0.4, 0.5) is 4.39 Å². The molecule has 0 aromatic heterocycles. The second kappa shape index (κ2) is 5.88. The molecule has 0 radical (unpaired) electrons. The molecule has 1 N–H and O–H groups in total. The lowest BCUT2D eigenvalue weighted by Gasteiger charge is -2.17. The standard InChI is InChI=1S/C16H14BrFOS/c17-12-6-5-10(13(18)9-12)7-14(19)16-8-11-3-1-2-4-15(11)20-16/h1-6,9,14,16,19H,7-8H2. The normalized spacial score (nSPS) is 18.9. The first-order valence-corrected chi connectivity index (χ1v) is 8.17. The third-order valence-corrected chi connectivity index (χ3v) is 5.47. The summed E-state index contributed by atoms with van der Waals surface area (Å²) in [5.41, 5.74) is 1.84. The Balaban J connectivity index is 1.70. The maximum absolute atomic E-state index is 13.8. The summed E-state index contributed by atoms with van der Waals surface area (Å²) in [4.78, 5) is 1.23. The van der Waals surface area contributed by atoms with Crippen molar-refractivity contribution in [2.75, 3.05) is 0 Å². The van der Waals surface area contributed by atoms with Gasteiger partial charge in [-0.3, -0.25) is 0 Å². The predicted octanol–water partition coefficient (Wildman–Crippen LogP) is 4.21. The van der Waals surface area contributed by atoms with Crippen molar-refractivity contribution in [1.82, 2.24) is 0 Å². The van der Waals surface area contributed by atoms with Crippen LogP contribution in [0, 0.1) is 5.82 Å². The number of aliphatic hydroxyl groups excluding tert-OH is 1. The van der Waals surface area contributed by atoms with Crippen LogP contribution in [-0.2, 0) is 12.8 Å². The van der Waals surface area contributed by atoms with Crippen molar-refractivity contribution in [1.29, 1.82) is 0 Å². The average Bonchev–Trinajstić information content (AvgIpc) is 2.86. The molecule has 1 aliphatic rings. The van der Waals surface area contributed by atoms with E-state index in [0.29, 0.717) is 12.0 Å². The van der Waals surface area contributed by atoms with Crippen molar-refractivity contribution in [2.45, 2.75) is 29.1 Å². The van der Waals surface area contributed by atoms with Gasteiger partial charge in [0.25, 0.3) is 0 Å². The Hall–Kier alpha value is -0.840. The number of aliphatic hydroxyl groups is 1. The fourth-order valence-electron chi connectivity index (χ4n) is 2.47. The van der Waals surface area contributed by atoms with Crippen molar-refractivity contribution >= 4 is 27.7 Å². The molecular weight excluding hydrogens is 339 g/mol. The molecule has 0 fully saturated rings. The minimum Gasteiger partial charge on any atom is -0.392 e. The zero-order valence-electron chi connectivity index (χ0n) is 10.7. The molecule has 2 aromatic carbocycles. The molecule has 20 heavy (non-hydrogen) atoms. The van der Waals surface area contributed by atoms with Gasteiger partial charge in [-0.1, -0.05) is 40.2 Å². The van der Waals surface area contributed by atoms with Crippen molar-refractivity contribution in [3.05, 3.63) is 63.9 Å². The molecule has 0 saturated heterocycles. The molecule has 1 heterocycles. The highest BCUT2D eigenvalue weighted by Crippen LogP contribution is 2.39. The molecule has 1 nitrogen and oxygen atoms in total. The van der Waals surface area contributed by atoms with E-state index >= 15 is 0 Å². The van der Waals surface area contributed by atoms with Gasteiger partial charge >= 0.3 is 0 Å². The zero-order chi connectivity index (χ0) is 14.1. The van der Waals surface area contributed by atoms with Crippen molar-refractivity contribution in [2.24, 2.45) is 0 Å². The van der Waals surface area contributed by atoms with Gasteiger partial charge < -0.3 is 5.11 Å². The van der Waals surface area contributed by atoms with Gasteiger partial charge in [-0.25, -0.2) is 4.39 Å². The molecule has 0 spiro atoms. The second-order valence-corrected chi connectivity index (χ2v) is 7.17. The van der Waals surface area contributed by atoms with Crippen LogP contribution in [-0.4, -0.2) is 16.5 Å². The second-order valence-electron chi connectivity index (χ2n) is 4.98. The third-order valence-electron chi connectivity index (χ3n) is 3.55. The lowest BCUT2D eigenvalue weighted by molar-refractivity contribution is 0.171. The number of hydrogen-bond donors (Lipinski definition) is 1. The van der Waals surface area contributed by atoms with E-state index in [-0.39, 0.29) is 11.1 Å². The van der Waals surface area contributed by atoms with Crippen LogP contribution in [0.2, 0.25) is 0 Å². The SMILES string of the molecule is OC(Cc1ccc(Br)cc1F)C1Cc2ccccc2S1. The Morgan fingerprint density at radius 3 is 2.85 bits per heavy atom. The van der Waals surface area contributed by atoms with Gasteiger partial charge in [0.05, 0.1) is 6.10 Å². The van der Waals surface area contributed by atoms with Crippen LogP contribution in [0.5, 0.6) is 0 Å². The highest BCUT2D eigenvalue weighted by atomic mass is 79.9. The average molecular weight is 353 g/mol. The van der Waals surface area contributed by atoms with E-state index in [0.717, 1.165) is 10.9 Å². The molecule has 0 aliphatic carbocycles. The fourth-order valence-corrected chi connectivity index (χ4v) is 4.10. The van der Waals surface area contributed by atoms with Gasteiger partial charge in [-0.05, 0) is 35.7 Å². The minimum atomic E-state index is -0.539. The quantitative estimate of drug-likeness (QED) is 0.892. The Morgan fingerprint density at radius 1 is 1.30 bits per heavy atom. The predicted molar refractivity (Wildman–Crippen MR) is 83.6 cm³/mol. The first kappa shape index (κ1) is 14.1. The molecule has 2 atom stereocenters. The Kier molecular flexibility index (Phi) is 4.15. The molecule has 0 bridgehead atoms. The van der Waals surface area contributed by atoms with Gasteiger partial charge in [0.2, 0.25) is 0 Å². The topological polar surface area (TPSA) is 20.2 Å². The minimum absolute atomic E-state index is 0.107. The zero-order valence-corrected chi connectivity index (χ0v) is 13.1. The monoisotopic (exact) mass is 352 g/mol. The van der Waals surface area contributed by atoms with Gasteiger partial charge in [-0.2, -0.15) is 0 Å². The highest BCUT2D eigenvalue weighted by molar-refractivity contribution is 9.10. The number of benzene rings is 2. The van der Waals surface area contributed by atoms with Crippen LogP contribution >= 0.6 is 27.7 Å². The lowest BCUT2D eigenvalue weighted by Crippen LogP contribution is -2.25. The van der Waals surface area contributed by atoms with Crippen LogP contribution in [0.25, 0.3) is 0 Å². The van der Waals surface area contributed by atoms with Crippen LogP contribution in [0.3, 0.4) is 0 Å². The molecule has 2 unspecified atom stereocenters. The van der Waals surface area contributed by atoms with E-state index in [9.17, 15) is 9.50 Å². The summed E-state index contributed by atoms with van der Waals surface area (Å²) in [6.45, 7) is 0. The molecule has 0 amide bonds. The van der Waals surface area contributed by atoms with Crippen LogP contribution < -0.4 is 0 Å². The number of halogens is 2. The third kappa shape index (κ3) is 2.92. The number of hydrogen-bond acceptors (Lipinski definition) is 2. The number of thioether (sulfide) groups is 1. The lowest BCUT2D eigenvalue weighted by atomic mass is 10.0. The van der Waals surface area contributed by atoms with E-state index in [1.165, 1.54) is 16.5 Å². The van der Waals surface area contributed by atoms with E-state index in [1.807, 2.05) is 18.2 Å². The summed E-state index contributed by atoms with van der Waals surface area (Å²) in [5.74, 6) is -0.265.